The molecular weight excluding hydrogens is 364 g/mol. The van der Waals surface area contributed by atoms with Crippen LogP contribution < -0.4 is 4.74 Å². The predicted octanol–water partition coefficient (Wildman–Crippen LogP) is 5.21. The molecule has 0 spiro atoms. The summed E-state index contributed by atoms with van der Waals surface area (Å²) in [5.41, 5.74) is 4.54. The van der Waals surface area contributed by atoms with Crippen molar-refractivity contribution in [3.8, 4) is 16.9 Å². The monoisotopic (exact) mass is 388 g/mol. The molecule has 0 bridgehead atoms. The summed E-state index contributed by atoms with van der Waals surface area (Å²) in [5.74, 6) is 0.0230. The molecule has 1 atom stereocenters. The van der Waals surface area contributed by atoms with Gasteiger partial charge in [-0.25, -0.2) is 4.79 Å². The molecular formula is C25H24O4. The van der Waals surface area contributed by atoms with Crippen LogP contribution in [0.1, 0.15) is 36.0 Å². The van der Waals surface area contributed by atoms with Gasteiger partial charge in [0.15, 0.2) is 5.60 Å². The highest BCUT2D eigenvalue weighted by Crippen LogP contribution is 2.46. The van der Waals surface area contributed by atoms with Crippen molar-refractivity contribution in [1.29, 1.82) is 0 Å². The zero-order valence-electron chi connectivity index (χ0n) is 16.6. The number of hydrogen-bond acceptors (Lipinski definition) is 3. The van der Waals surface area contributed by atoms with Crippen LogP contribution in [-0.4, -0.2) is 24.8 Å². The summed E-state index contributed by atoms with van der Waals surface area (Å²) in [6.07, 6.45) is 0.876. The minimum atomic E-state index is -1.37. The molecule has 4 heteroatoms. The summed E-state index contributed by atoms with van der Waals surface area (Å²) in [6.45, 7) is 2.12. The van der Waals surface area contributed by atoms with Crippen molar-refractivity contribution in [2.75, 3.05) is 13.7 Å². The number of carboxylic acids is 1. The van der Waals surface area contributed by atoms with Gasteiger partial charge in [0.25, 0.3) is 0 Å². The predicted molar refractivity (Wildman–Crippen MR) is 112 cm³/mol. The van der Waals surface area contributed by atoms with Crippen LogP contribution in [-0.2, 0) is 15.1 Å². The van der Waals surface area contributed by atoms with Gasteiger partial charge in [0.1, 0.15) is 5.75 Å². The number of rotatable bonds is 7. The SMILES string of the molecule is COC(C)(C(=O)O)c1ccc(OCCC2c3ccccc3-c3ccccc32)cc1. The molecule has 0 aliphatic heterocycles. The first kappa shape index (κ1) is 19.2. The van der Waals surface area contributed by atoms with Gasteiger partial charge in [-0.2, -0.15) is 0 Å². The maximum absolute atomic E-state index is 11.5. The lowest BCUT2D eigenvalue weighted by molar-refractivity contribution is -0.161. The number of benzene rings is 3. The van der Waals surface area contributed by atoms with Crippen LogP contribution in [0, 0.1) is 0 Å². The molecule has 1 aliphatic rings. The summed E-state index contributed by atoms with van der Waals surface area (Å²) >= 11 is 0. The Morgan fingerprint density at radius 1 is 0.931 bits per heavy atom. The van der Waals surface area contributed by atoms with Gasteiger partial charge in [0, 0.05) is 13.0 Å². The molecule has 0 saturated carbocycles. The van der Waals surface area contributed by atoms with E-state index in [-0.39, 0.29) is 0 Å². The van der Waals surface area contributed by atoms with E-state index in [1.54, 1.807) is 31.2 Å². The van der Waals surface area contributed by atoms with Gasteiger partial charge in [-0.05, 0) is 53.3 Å². The smallest absolute Gasteiger partial charge is 0.340 e. The first-order valence-electron chi connectivity index (χ1n) is 9.74. The standard InChI is InChI=1S/C25H24O4/c1-25(28-2,24(26)27)17-11-13-18(14-12-17)29-16-15-23-21-9-5-3-7-19(21)20-8-4-6-10-22(20)23/h3-14,23H,15-16H2,1-2H3,(H,26,27). The topological polar surface area (TPSA) is 55.8 Å². The van der Waals surface area contributed by atoms with Crippen LogP contribution in [0.25, 0.3) is 11.1 Å². The lowest BCUT2D eigenvalue weighted by Crippen LogP contribution is -2.34. The number of hydrogen-bond donors (Lipinski definition) is 1. The first-order chi connectivity index (χ1) is 14.0. The largest absolute Gasteiger partial charge is 0.494 e. The van der Waals surface area contributed by atoms with Crippen molar-refractivity contribution in [2.24, 2.45) is 0 Å². The summed E-state index contributed by atoms with van der Waals surface area (Å²) in [7, 11) is 1.40. The maximum atomic E-state index is 11.5. The molecule has 0 fully saturated rings. The summed E-state index contributed by atoms with van der Waals surface area (Å²) in [5, 5.41) is 9.42. The molecule has 148 valence electrons. The van der Waals surface area contributed by atoms with Gasteiger partial charge in [-0.3, -0.25) is 0 Å². The van der Waals surface area contributed by atoms with E-state index in [4.69, 9.17) is 9.47 Å². The van der Waals surface area contributed by atoms with Crippen molar-refractivity contribution in [1.82, 2.24) is 0 Å². The average molecular weight is 388 g/mol. The van der Waals surface area contributed by atoms with Crippen molar-refractivity contribution in [3.63, 3.8) is 0 Å². The van der Waals surface area contributed by atoms with E-state index in [2.05, 4.69) is 48.5 Å². The van der Waals surface area contributed by atoms with Gasteiger partial charge in [0.05, 0.1) is 6.61 Å². The van der Waals surface area contributed by atoms with Gasteiger partial charge < -0.3 is 14.6 Å². The molecule has 1 N–H and O–H groups in total. The molecule has 4 rings (SSSR count). The Morgan fingerprint density at radius 2 is 1.48 bits per heavy atom. The number of methoxy groups -OCH3 is 1. The van der Waals surface area contributed by atoms with Crippen LogP contribution in [0.3, 0.4) is 0 Å². The Hall–Kier alpha value is -3.11. The fraction of sp³-hybridized carbons (Fsp3) is 0.240. The molecule has 3 aromatic carbocycles. The molecule has 0 saturated heterocycles. The Kier molecular flexibility index (Phi) is 5.12. The molecule has 0 amide bonds. The highest BCUT2D eigenvalue weighted by molar-refractivity contribution is 5.79. The molecule has 1 aliphatic carbocycles. The molecule has 3 aromatic rings. The van der Waals surface area contributed by atoms with Crippen molar-refractivity contribution >= 4 is 5.97 Å². The molecule has 1 unspecified atom stereocenters. The quantitative estimate of drug-likeness (QED) is 0.603. The van der Waals surface area contributed by atoms with Crippen LogP contribution in [0.2, 0.25) is 0 Å². The molecule has 4 nitrogen and oxygen atoms in total. The van der Waals surface area contributed by atoms with Crippen LogP contribution in [0.4, 0.5) is 0 Å². The third-order valence-electron chi connectivity index (χ3n) is 5.86. The normalized spacial score (nSPS) is 14.7. The summed E-state index contributed by atoms with van der Waals surface area (Å²) < 4.78 is 11.2. The average Bonchev–Trinajstić information content (AvgIpc) is 3.07. The fourth-order valence-corrected chi connectivity index (χ4v) is 4.06. The second-order valence-corrected chi connectivity index (χ2v) is 7.43. The molecule has 0 heterocycles. The van der Waals surface area contributed by atoms with Crippen molar-refractivity contribution < 1.29 is 19.4 Å². The van der Waals surface area contributed by atoms with Crippen LogP contribution >= 0.6 is 0 Å². The number of ether oxygens (including phenoxy) is 2. The van der Waals surface area contributed by atoms with E-state index in [0.29, 0.717) is 18.1 Å². The Morgan fingerprint density at radius 3 is 2.00 bits per heavy atom. The van der Waals surface area contributed by atoms with E-state index in [1.165, 1.54) is 29.4 Å². The molecule has 29 heavy (non-hydrogen) atoms. The second kappa shape index (κ2) is 7.72. The Bertz CT molecular complexity index is 980. The number of fused-ring (bicyclic) bond motifs is 3. The Labute approximate surface area is 170 Å². The third kappa shape index (κ3) is 3.40. The summed E-state index contributed by atoms with van der Waals surface area (Å²) in [4.78, 5) is 11.5. The van der Waals surface area contributed by atoms with E-state index in [9.17, 15) is 9.90 Å². The first-order valence-corrected chi connectivity index (χ1v) is 9.74. The minimum absolute atomic E-state index is 0.325. The van der Waals surface area contributed by atoms with Gasteiger partial charge >= 0.3 is 5.97 Å². The second-order valence-electron chi connectivity index (χ2n) is 7.43. The number of carbonyl (C=O) groups is 1. The zero-order chi connectivity index (χ0) is 20.4. The number of aliphatic carboxylic acids is 1. The zero-order valence-corrected chi connectivity index (χ0v) is 16.6. The van der Waals surface area contributed by atoms with E-state index >= 15 is 0 Å². The van der Waals surface area contributed by atoms with Crippen molar-refractivity contribution in [3.05, 3.63) is 89.5 Å². The molecule has 0 aromatic heterocycles. The van der Waals surface area contributed by atoms with Crippen molar-refractivity contribution in [2.45, 2.75) is 24.9 Å². The highest BCUT2D eigenvalue weighted by Gasteiger charge is 2.35. The lowest BCUT2D eigenvalue weighted by atomic mass is 9.94. The van der Waals surface area contributed by atoms with Gasteiger partial charge in [-0.15, -0.1) is 0 Å². The van der Waals surface area contributed by atoms with Gasteiger partial charge in [-0.1, -0.05) is 60.7 Å². The van der Waals surface area contributed by atoms with Crippen LogP contribution in [0.5, 0.6) is 5.75 Å². The van der Waals surface area contributed by atoms with Crippen LogP contribution in [0.15, 0.2) is 72.8 Å². The van der Waals surface area contributed by atoms with E-state index in [1.807, 2.05) is 0 Å². The van der Waals surface area contributed by atoms with E-state index < -0.39 is 11.6 Å². The minimum Gasteiger partial charge on any atom is -0.494 e. The third-order valence-corrected chi connectivity index (χ3v) is 5.86. The van der Waals surface area contributed by atoms with E-state index in [0.717, 1.165) is 12.2 Å². The highest BCUT2D eigenvalue weighted by atomic mass is 16.5. The molecule has 0 radical (unpaired) electrons. The lowest BCUT2D eigenvalue weighted by Gasteiger charge is -2.23. The number of carboxylic acid groups (broad SMARTS) is 1. The van der Waals surface area contributed by atoms with Gasteiger partial charge in [0.2, 0.25) is 0 Å². The summed E-state index contributed by atoms with van der Waals surface area (Å²) in [6, 6.07) is 24.2. The maximum Gasteiger partial charge on any atom is 0.340 e. The fourth-order valence-electron chi connectivity index (χ4n) is 4.06. The Balaban J connectivity index is 1.45.